The van der Waals surface area contributed by atoms with Crippen LogP contribution >= 0.6 is 23.2 Å². The van der Waals surface area contributed by atoms with E-state index in [0.717, 1.165) is 43.9 Å². The van der Waals surface area contributed by atoms with Gasteiger partial charge < -0.3 is 9.64 Å². The van der Waals surface area contributed by atoms with Crippen molar-refractivity contribution in [3.8, 4) is 5.69 Å². The molecule has 2 saturated heterocycles. The highest BCUT2D eigenvalue weighted by Gasteiger charge is 2.47. The van der Waals surface area contributed by atoms with E-state index in [1.165, 1.54) is 0 Å². The smallest absolute Gasteiger partial charge is 0.263 e. The van der Waals surface area contributed by atoms with E-state index >= 15 is 0 Å². The van der Waals surface area contributed by atoms with Crippen LogP contribution in [0.4, 0.5) is 5.82 Å². The van der Waals surface area contributed by atoms with E-state index in [0.29, 0.717) is 39.1 Å². The number of benzene rings is 1. The van der Waals surface area contributed by atoms with Crippen LogP contribution in [0.25, 0.3) is 5.69 Å². The molecule has 2 fully saturated rings. The Labute approximate surface area is 188 Å². The number of anilines is 1. The lowest BCUT2D eigenvalue weighted by Gasteiger charge is -2.42. The van der Waals surface area contributed by atoms with Crippen LogP contribution in [0, 0.1) is 32.1 Å². The van der Waals surface area contributed by atoms with Crippen LogP contribution in [0.15, 0.2) is 16.9 Å². The SMILES string of the molecule is Cc1ccc(-n2c(C)nc(N3CCC4(CC3)CO[C@@H](C)[C@H]4C)c(C)c2=O)c(Cl)c1Cl. The Balaban J connectivity index is 1.67. The second-order valence-corrected chi connectivity index (χ2v) is 9.69. The molecule has 162 valence electrons. The van der Waals surface area contributed by atoms with Gasteiger partial charge in [0.05, 0.1) is 34.0 Å². The quantitative estimate of drug-likeness (QED) is 0.639. The maximum atomic E-state index is 13.3. The van der Waals surface area contributed by atoms with Crippen LogP contribution in [0.3, 0.4) is 0 Å². The summed E-state index contributed by atoms with van der Waals surface area (Å²) in [7, 11) is 0. The van der Waals surface area contributed by atoms with Crippen molar-refractivity contribution in [3.63, 3.8) is 0 Å². The molecule has 30 heavy (non-hydrogen) atoms. The first-order valence-electron chi connectivity index (χ1n) is 10.6. The molecule has 2 aromatic rings. The minimum absolute atomic E-state index is 0.106. The number of aromatic nitrogens is 2. The number of rotatable bonds is 2. The van der Waals surface area contributed by atoms with E-state index in [2.05, 4.69) is 18.7 Å². The van der Waals surface area contributed by atoms with Gasteiger partial charge in [-0.1, -0.05) is 36.2 Å². The van der Waals surface area contributed by atoms with Gasteiger partial charge in [-0.3, -0.25) is 9.36 Å². The van der Waals surface area contributed by atoms with Crippen LogP contribution in [-0.2, 0) is 4.74 Å². The van der Waals surface area contributed by atoms with Crippen LogP contribution < -0.4 is 10.5 Å². The number of ether oxygens (including phenoxy) is 1. The monoisotopic (exact) mass is 449 g/mol. The van der Waals surface area contributed by atoms with Crippen LogP contribution in [0.1, 0.15) is 43.6 Å². The molecule has 0 N–H and O–H groups in total. The normalized spacial score (nSPS) is 23.4. The van der Waals surface area contributed by atoms with Gasteiger partial charge >= 0.3 is 0 Å². The number of aryl methyl sites for hydroxylation is 2. The van der Waals surface area contributed by atoms with Gasteiger partial charge in [0, 0.05) is 18.5 Å². The highest BCUT2D eigenvalue weighted by molar-refractivity contribution is 6.43. The highest BCUT2D eigenvalue weighted by Crippen LogP contribution is 2.46. The molecule has 3 heterocycles. The summed E-state index contributed by atoms with van der Waals surface area (Å²) in [6, 6.07) is 3.70. The standard InChI is InChI=1S/C23H29Cl2N3O2/c1-13-6-7-18(20(25)19(13)24)28-17(5)26-21(14(2)22(28)29)27-10-8-23(9-11-27)12-30-16(4)15(23)3/h6-7,15-16H,8-12H2,1-5H3/t15-,16+/m1/s1. The van der Waals surface area contributed by atoms with E-state index in [-0.39, 0.29) is 11.0 Å². The second kappa shape index (κ2) is 7.85. The van der Waals surface area contributed by atoms with Crippen molar-refractivity contribution in [2.24, 2.45) is 11.3 Å². The molecule has 4 rings (SSSR count). The van der Waals surface area contributed by atoms with E-state index in [9.17, 15) is 4.79 Å². The Morgan fingerprint density at radius 3 is 2.37 bits per heavy atom. The summed E-state index contributed by atoms with van der Waals surface area (Å²) in [5.41, 5.74) is 2.22. The van der Waals surface area contributed by atoms with Crippen molar-refractivity contribution in [1.82, 2.24) is 9.55 Å². The molecule has 0 amide bonds. The molecule has 5 nitrogen and oxygen atoms in total. The van der Waals surface area contributed by atoms with Crippen LogP contribution in [0.5, 0.6) is 0 Å². The molecule has 2 atom stereocenters. The molecular formula is C23H29Cl2N3O2. The third-order valence-corrected chi connectivity index (χ3v) is 8.28. The van der Waals surface area contributed by atoms with Gasteiger partial charge in [0.1, 0.15) is 11.6 Å². The predicted octanol–water partition coefficient (Wildman–Crippen LogP) is 5.11. The minimum Gasteiger partial charge on any atom is -0.378 e. The van der Waals surface area contributed by atoms with E-state index in [1.54, 1.807) is 4.57 Å². The van der Waals surface area contributed by atoms with Crippen molar-refractivity contribution in [2.45, 2.75) is 53.6 Å². The van der Waals surface area contributed by atoms with E-state index in [4.69, 9.17) is 32.9 Å². The fourth-order valence-corrected chi connectivity index (χ4v) is 5.39. The van der Waals surface area contributed by atoms with Gasteiger partial charge in [0.2, 0.25) is 0 Å². The molecule has 0 unspecified atom stereocenters. The van der Waals surface area contributed by atoms with Gasteiger partial charge in [-0.2, -0.15) is 0 Å². The third kappa shape index (κ3) is 3.35. The largest absolute Gasteiger partial charge is 0.378 e. The summed E-state index contributed by atoms with van der Waals surface area (Å²) < 4.78 is 7.51. The Hall–Kier alpha value is -1.56. The first kappa shape index (κ1) is 21.7. The lowest BCUT2D eigenvalue weighted by atomic mass is 9.70. The minimum atomic E-state index is -0.106. The Morgan fingerprint density at radius 1 is 1.10 bits per heavy atom. The van der Waals surface area contributed by atoms with Crippen LogP contribution in [-0.4, -0.2) is 35.4 Å². The third-order valence-electron chi connectivity index (χ3n) is 7.31. The lowest BCUT2D eigenvalue weighted by Crippen LogP contribution is -2.45. The molecule has 1 spiro atoms. The van der Waals surface area contributed by atoms with Crippen molar-refractivity contribution >= 4 is 29.0 Å². The fraction of sp³-hybridized carbons (Fsp3) is 0.565. The molecule has 1 aromatic heterocycles. The van der Waals surface area contributed by atoms with E-state index < -0.39 is 0 Å². The molecule has 0 saturated carbocycles. The predicted molar refractivity (Wildman–Crippen MR) is 123 cm³/mol. The summed E-state index contributed by atoms with van der Waals surface area (Å²) >= 11 is 12.8. The first-order chi connectivity index (χ1) is 14.2. The molecule has 2 aliphatic heterocycles. The molecular weight excluding hydrogens is 421 g/mol. The maximum absolute atomic E-state index is 13.3. The Morgan fingerprint density at radius 2 is 1.77 bits per heavy atom. The zero-order valence-electron chi connectivity index (χ0n) is 18.3. The molecule has 1 aromatic carbocycles. The molecule has 0 radical (unpaired) electrons. The number of nitrogens with zero attached hydrogens (tertiary/aromatic N) is 3. The van der Waals surface area contributed by atoms with E-state index in [1.807, 2.05) is 32.9 Å². The maximum Gasteiger partial charge on any atom is 0.263 e. The van der Waals surface area contributed by atoms with Crippen molar-refractivity contribution in [3.05, 3.63) is 49.5 Å². The zero-order chi connectivity index (χ0) is 21.8. The topological polar surface area (TPSA) is 47.4 Å². The molecule has 0 aliphatic carbocycles. The van der Waals surface area contributed by atoms with Gasteiger partial charge in [0.15, 0.2) is 0 Å². The summed E-state index contributed by atoms with van der Waals surface area (Å²) in [4.78, 5) is 20.4. The zero-order valence-corrected chi connectivity index (χ0v) is 19.8. The van der Waals surface area contributed by atoms with Crippen LogP contribution in [0.2, 0.25) is 10.0 Å². The number of hydrogen-bond donors (Lipinski definition) is 0. The van der Waals surface area contributed by atoms with Crippen molar-refractivity contribution < 1.29 is 4.74 Å². The molecule has 2 aliphatic rings. The molecule has 7 heteroatoms. The summed E-state index contributed by atoms with van der Waals surface area (Å²) in [6.45, 7) is 12.7. The van der Waals surface area contributed by atoms with Gasteiger partial charge in [-0.15, -0.1) is 0 Å². The van der Waals surface area contributed by atoms with Crippen molar-refractivity contribution in [2.75, 3.05) is 24.6 Å². The van der Waals surface area contributed by atoms with Crippen molar-refractivity contribution in [1.29, 1.82) is 0 Å². The Bertz CT molecular complexity index is 1040. The lowest BCUT2D eigenvalue weighted by molar-refractivity contribution is 0.0969. The number of halogens is 2. The Kier molecular flexibility index (Phi) is 5.67. The highest BCUT2D eigenvalue weighted by atomic mass is 35.5. The van der Waals surface area contributed by atoms with Gasteiger partial charge in [0.25, 0.3) is 5.56 Å². The average molecular weight is 450 g/mol. The number of piperidine rings is 1. The average Bonchev–Trinajstić information content (AvgIpc) is 3.00. The summed E-state index contributed by atoms with van der Waals surface area (Å²) in [5.74, 6) is 1.93. The van der Waals surface area contributed by atoms with Gasteiger partial charge in [-0.25, -0.2) is 4.98 Å². The molecule has 0 bridgehead atoms. The summed E-state index contributed by atoms with van der Waals surface area (Å²) in [5, 5.41) is 0.839. The number of hydrogen-bond acceptors (Lipinski definition) is 4. The second-order valence-electron chi connectivity index (χ2n) is 8.93. The van der Waals surface area contributed by atoms with Gasteiger partial charge in [-0.05, 0) is 58.1 Å². The fourth-order valence-electron chi connectivity index (χ4n) is 4.93. The first-order valence-corrected chi connectivity index (χ1v) is 11.3. The summed E-state index contributed by atoms with van der Waals surface area (Å²) in [6.07, 6.45) is 2.43.